The fourth-order valence-electron chi connectivity index (χ4n) is 7.66. The van der Waals surface area contributed by atoms with E-state index < -0.39 is 0 Å². The number of nitrogens with zero attached hydrogens (tertiary/aromatic N) is 2. The van der Waals surface area contributed by atoms with E-state index in [1.807, 2.05) is 12.1 Å². The number of likely N-dealkylation sites (tertiary alicyclic amines) is 1. The van der Waals surface area contributed by atoms with Crippen LogP contribution in [0.4, 0.5) is 0 Å². The van der Waals surface area contributed by atoms with Crippen molar-refractivity contribution in [2.45, 2.75) is 29.0 Å². The number of aromatic amines is 1. The number of imide groups is 1. The summed E-state index contributed by atoms with van der Waals surface area (Å²) in [5.41, 5.74) is 1.10. The van der Waals surface area contributed by atoms with Crippen LogP contribution in [-0.2, 0) is 19.1 Å². The first kappa shape index (κ1) is 24.4. The van der Waals surface area contributed by atoms with Gasteiger partial charge in [0, 0.05) is 42.1 Å². The molecule has 9 nitrogen and oxygen atoms in total. The summed E-state index contributed by atoms with van der Waals surface area (Å²) in [7, 11) is 1.64. The van der Waals surface area contributed by atoms with Crippen molar-refractivity contribution in [1.29, 1.82) is 0 Å². The Morgan fingerprint density at radius 1 is 1.08 bits per heavy atom. The molecule has 7 atom stereocenters. The summed E-state index contributed by atoms with van der Waals surface area (Å²) in [4.78, 5) is 59.5. The maximum Gasteiger partial charge on any atom is 0.305 e. The molecule has 1 aromatic heterocycles. The fourth-order valence-corrected chi connectivity index (χ4v) is 10.6. The first-order valence-electron chi connectivity index (χ1n) is 13.2. The minimum atomic E-state index is -0.342. The minimum absolute atomic E-state index is 0.0121. The number of carbonyl (C=O) groups excluding carboxylic acids is 3. The van der Waals surface area contributed by atoms with Gasteiger partial charge in [-0.05, 0) is 41.9 Å². The first-order valence-corrected chi connectivity index (χ1v) is 14.9. The van der Waals surface area contributed by atoms with Crippen molar-refractivity contribution in [3.63, 3.8) is 0 Å². The number of H-pyrrole nitrogens is 1. The van der Waals surface area contributed by atoms with Crippen molar-refractivity contribution in [3.8, 4) is 5.75 Å². The van der Waals surface area contributed by atoms with Crippen molar-refractivity contribution in [2.75, 3.05) is 40.0 Å². The lowest BCUT2D eigenvalue weighted by atomic mass is 9.68. The second-order valence-electron chi connectivity index (χ2n) is 10.8. The molecule has 2 saturated carbocycles. The number of methoxy groups -OCH3 is 1. The topological polar surface area (TPSA) is 109 Å². The van der Waals surface area contributed by atoms with Crippen LogP contribution in [0.15, 0.2) is 34.1 Å². The van der Waals surface area contributed by atoms with E-state index >= 15 is 0 Å². The molecule has 7 rings (SSSR count). The third-order valence-corrected chi connectivity index (χ3v) is 11.8. The molecule has 2 saturated heterocycles. The molecule has 0 spiro atoms. The summed E-state index contributed by atoms with van der Waals surface area (Å²) in [6.45, 7) is 2.29. The maximum absolute atomic E-state index is 13.7. The van der Waals surface area contributed by atoms with E-state index in [4.69, 9.17) is 9.47 Å². The number of benzene rings is 1. The SMILES string of the molecule is COc1ccc(C2c3sc(=O)[nH]c3SC3C4CC(C5C(=O)N(CCC(=O)N6CCOCC6)C(=O)C45)C23)cc1. The van der Waals surface area contributed by atoms with E-state index in [0.717, 1.165) is 27.6 Å². The van der Waals surface area contributed by atoms with Gasteiger partial charge in [0.25, 0.3) is 0 Å². The molecule has 200 valence electrons. The van der Waals surface area contributed by atoms with Crippen LogP contribution in [-0.4, -0.2) is 77.7 Å². The van der Waals surface area contributed by atoms with Gasteiger partial charge in [-0.15, -0.1) is 11.8 Å². The van der Waals surface area contributed by atoms with Crippen molar-refractivity contribution in [1.82, 2.24) is 14.8 Å². The molecular weight excluding hydrogens is 526 g/mol. The number of hydrogen-bond acceptors (Lipinski definition) is 8. The fraction of sp³-hybridized carbons (Fsp3) is 0.556. The molecule has 4 heterocycles. The summed E-state index contributed by atoms with van der Waals surface area (Å²) in [5.74, 6) is 0.112. The van der Waals surface area contributed by atoms with Crippen molar-refractivity contribution in [3.05, 3.63) is 44.4 Å². The highest BCUT2D eigenvalue weighted by Crippen LogP contribution is 2.68. The second-order valence-corrected chi connectivity index (χ2v) is 13.0. The second kappa shape index (κ2) is 9.24. The van der Waals surface area contributed by atoms with Gasteiger partial charge in [-0.3, -0.25) is 24.1 Å². The van der Waals surface area contributed by atoms with E-state index in [1.165, 1.54) is 16.2 Å². The van der Waals surface area contributed by atoms with Crippen molar-refractivity contribution >= 4 is 40.8 Å². The highest BCUT2D eigenvalue weighted by molar-refractivity contribution is 8.00. The summed E-state index contributed by atoms with van der Waals surface area (Å²) in [6.07, 6.45) is 1.00. The summed E-state index contributed by atoms with van der Waals surface area (Å²) in [5, 5.41) is 1.05. The molecule has 2 bridgehead atoms. The molecule has 2 aromatic rings. The number of thioether (sulfide) groups is 1. The molecule has 3 amide bonds. The van der Waals surface area contributed by atoms with Gasteiger partial charge in [0.05, 0.1) is 37.2 Å². The van der Waals surface area contributed by atoms with Gasteiger partial charge in [0.2, 0.25) is 17.7 Å². The quantitative estimate of drug-likeness (QED) is 0.564. The minimum Gasteiger partial charge on any atom is -0.497 e. The lowest BCUT2D eigenvalue weighted by Gasteiger charge is -2.43. The van der Waals surface area contributed by atoms with Gasteiger partial charge >= 0.3 is 4.87 Å². The van der Waals surface area contributed by atoms with Gasteiger partial charge < -0.3 is 19.4 Å². The Hall–Kier alpha value is -2.63. The van der Waals surface area contributed by atoms with Crippen molar-refractivity contribution in [2.24, 2.45) is 29.6 Å². The number of rotatable bonds is 5. The van der Waals surface area contributed by atoms with E-state index in [1.54, 1.807) is 23.8 Å². The van der Waals surface area contributed by atoms with Crippen LogP contribution >= 0.6 is 23.1 Å². The number of nitrogens with one attached hydrogen (secondary N) is 1. The lowest BCUT2D eigenvalue weighted by molar-refractivity contribution is -0.142. The number of fused-ring (bicyclic) bond motifs is 9. The zero-order chi connectivity index (χ0) is 26.1. The molecule has 11 heteroatoms. The van der Waals surface area contributed by atoms with Gasteiger partial charge in [-0.25, -0.2) is 0 Å². The van der Waals surface area contributed by atoms with Crippen LogP contribution < -0.4 is 9.61 Å². The van der Waals surface area contributed by atoms with Crippen LogP contribution in [0.25, 0.3) is 0 Å². The highest BCUT2D eigenvalue weighted by atomic mass is 32.2. The molecule has 7 unspecified atom stereocenters. The number of amides is 3. The van der Waals surface area contributed by atoms with Crippen LogP contribution in [0.2, 0.25) is 0 Å². The maximum atomic E-state index is 13.7. The largest absolute Gasteiger partial charge is 0.497 e. The Morgan fingerprint density at radius 2 is 1.79 bits per heavy atom. The van der Waals surface area contributed by atoms with Gasteiger partial charge in [0.1, 0.15) is 5.75 Å². The Labute approximate surface area is 227 Å². The van der Waals surface area contributed by atoms with Crippen molar-refractivity contribution < 1.29 is 23.9 Å². The van der Waals surface area contributed by atoms with Gasteiger partial charge in [-0.2, -0.15) is 0 Å². The monoisotopic (exact) mass is 555 g/mol. The predicted molar refractivity (Wildman–Crippen MR) is 140 cm³/mol. The van der Waals surface area contributed by atoms with E-state index in [2.05, 4.69) is 17.1 Å². The molecular formula is C27H29N3O6S2. The molecule has 0 radical (unpaired) electrons. The van der Waals surface area contributed by atoms with E-state index in [9.17, 15) is 19.2 Å². The number of thiazole rings is 1. The molecule has 2 aliphatic carbocycles. The molecule has 5 aliphatic rings. The molecule has 4 fully saturated rings. The number of hydrogen-bond donors (Lipinski definition) is 1. The molecule has 1 N–H and O–H groups in total. The van der Waals surface area contributed by atoms with Gasteiger partial charge in [0.15, 0.2) is 0 Å². The number of carbonyl (C=O) groups is 3. The van der Waals surface area contributed by atoms with Crippen LogP contribution in [0.5, 0.6) is 5.75 Å². The predicted octanol–water partition coefficient (Wildman–Crippen LogP) is 2.17. The Balaban J connectivity index is 1.17. The highest BCUT2D eigenvalue weighted by Gasteiger charge is 2.69. The number of ether oxygens (including phenoxy) is 2. The summed E-state index contributed by atoms with van der Waals surface area (Å²) >= 11 is 2.94. The smallest absolute Gasteiger partial charge is 0.305 e. The Kier molecular flexibility index (Phi) is 5.93. The zero-order valence-electron chi connectivity index (χ0n) is 21.0. The zero-order valence-corrected chi connectivity index (χ0v) is 22.6. The van der Waals surface area contributed by atoms with Crippen LogP contribution in [0.1, 0.15) is 29.2 Å². The molecule has 1 aromatic carbocycles. The van der Waals surface area contributed by atoms with E-state index in [0.29, 0.717) is 26.3 Å². The Morgan fingerprint density at radius 3 is 2.50 bits per heavy atom. The third kappa shape index (κ3) is 3.61. The van der Waals surface area contributed by atoms with E-state index in [-0.39, 0.29) is 76.3 Å². The number of morpholine rings is 1. The standard InChI is InChI=1S/C27H29N3O6S2/c1-35-14-4-2-13(3-5-14)18-19-15-12-16(22(19)37-24-23(18)38-27(34)28-24)21-20(15)25(32)30(26(21)33)7-6-17(31)29-8-10-36-11-9-29/h2-5,15-16,18-22H,6-12H2,1H3,(H,28,34). The average molecular weight is 556 g/mol. The first-order chi connectivity index (χ1) is 18.5. The third-order valence-electron chi connectivity index (χ3n) is 9.20. The molecule has 38 heavy (non-hydrogen) atoms. The summed E-state index contributed by atoms with van der Waals surface area (Å²) in [6, 6.07) is 7.99. The average Bonchev–Trinajstić information content (AvgIpc) is 3.67. The van der Waals surface area contributed by atoms with Crippen LogP contribution in [0.3, 0.4) is 0 Å². The molecule has 3 aliphatic heterocycles. The lowest BCUT2D eigenvalue weighted by Crippen LogP contribution is -2.43. The normalized spacial score (nSPS) is 33.3. The number of aromatic nitrogens is 1. The van der Waals surface area contributed by atoms with Crippen LogP contribution in [0, 0.1) is 29.6 Å². The Bertz CT molecular complexity index is 1350. The van der Waals surface area contributed by atoms with Gasteiger partial charge in [-0.1, -0.05) is 23.5 Å². The summed E-state index contributed by atoms with van der Waals surface area (Å²) < 4.78 is 10.7.